The molecule has 1 unspecified atom stereocenters. The zero-order valence-electron chi connectivity index (χ0n) is 11.9. The summed E-state index contributed by atoms with van der Waals surface area (Å²) in [4.78, 5) is 14.2. The molecule has 1 N–H and O–H groups in total. The predicted molar refractivity (Wildman–Crippen MR) is 78.4 cm³/mol. The smallest absolute Gasteiger partial charge is 0.254 e. The number of amides is 1. The fraction of sp³-hybridized carbons (Fsp3) is 0.312. The highest BCUT2D eigenvalue weighted by molar-refractivity contribution is 5.94. The van der Waals surface area contributed by atoms with Crippen LogP contribution >= 0.6 is 0 Å². The zero-order valence-corrected chi connectivity index (χ0v) is 11.9. The van der Waals surface area contributed by atoms with E-state index in [9.17, 15) is 9.18 Å². The van der Waals surface area contributed by atoms with Crippen LogP contribution in [-0.4, -0.2) is 35.0 Å². The molecule has 21 heavy (non-hydrogen) atoms. The van der Waals surface area contributed by atoms with Gasteiger partial charge in [-0.2, -0.15) is 0 Å². The number of hydrogen-bond acceptors (Lipinski definition) is 2. The second-order valence-electron chi connectivity index (χ2n) is 5.41. The maximum atomic E-state index is 13.6. The standard InChI is InChI=1S/C16H18FN3O/c1-19-10-12-5-4-8-20(12)11-13(19)9-18-16(21)14-6-2-3-7-15(14)17/h2-8,13H,9-11H2,1H3,(H,18,21). The molecule has 0 aliphatic carbocycles. The molecular weight excluding hydrogens is 269 g/mol. The van der Waals surface area contributed by atoms with Gasteiger partial charge in [0, 0.05) is 37.6 Å². The van der Waals surface area contributed by atoms with Crippen molar-refractivity contribution < 1.29 is 9.18 Å². The molecule has 0 fully saturated rings. The summed E-state index contributed by atoms with van der Waals surface area (Å²) in [5.74, 6) is -0.848. The highest BCUT2D eigenvalue weighted by Gasteiger charge is 2.23. The minimum Gasteiger partial charge on any atom is -0.350 e. The fourth-order valence-electron chi connectivity index (χ4n) is 2.69. The van der Waals surface area contributed by atoms with Gasteiger partial charge in [-0.25, -0.2) is 4.39 Å². The summed E-state index contributed by atoms with van der Waals surface area (Å²) in [7, 11) is 2.04. The Morgan fingerprint density at radius 2 is 2.14 bits per heavy atom. The minimum atomic E-state index is -0.486. The molecular formula is C16H18FN3O. The highest BCUT2D eigenvalue weighted by Crippen LogP contribution is 2.16. The fourth-order valence-corrected chi connectivity index (χ4v) is 2.69. The Bertz CT molecular complexity index is 652. The van der Waals surface area contributed by atoms with E-state index in [0.29, 0.717) is 6.54 Å². The van der Waals surface area contributed by atoms with E-state index in [1.165, 1.54) is 17.8 Å². The van der Waals surface area contributed by atoms with Crippen molar-refractivity contribution in [3.63, 3.8) is 0 Å². The van der Waals surface area contributed by atoms with Crippen LogP contribution < -0.4 is 5.32 Å². The van der Waals surface area contributed by atoms with E-state index in [1.54, 1.807) is 12.1 Å². The van der Waals surface area contributed by atoms with Crippen molar-refractivity contribution in [2.75, 3.05) is 13.6 Å². The molecule has 0 spiro atoms. The summed E-state index contributed by atoms with van der Waals surface area (Å²) in [6.07, 6.45) is 2.05. The Morgan fingerprint density at radius 3 is 2.95 bits per heavy atom. The number of rotatable bonds is 3. The summed E-state index contributed by atoms with van der Waals surface area (Å²) < 4.78 is 15.8. The van der Waals surface area contributed by atoms with E-state index >= 15 is 0 Å². The number of hydrogen-bond donors (Lipinski definition) is 1. The number of carbonyl (C=O) groups is 1. The van der Waals surface area contributed by atoms with Gasteiger partial charge < -0.3 is 9.88 Å². The van der Waals surface area contributed by atoms with Crippen molar-refractivity contribution in [2.45, 2.75) is 19.1 Å². The van der Waals surface area contributed by atoms with Gasteiger partial charge in [0.15, 0.2) is 0 Å². The van der Waals surface area contributed by atoms with Crippen molar-refractivity contribution in [3.8, 4) is 0 Å². The maximum absolute atomic E-state index is 13.6. The maximum Gasteiger partial charge on any atom is 0.254 e. The van der Waals surface area contributed by atoms with Crippen LogP contribution in [0.15, 0.2) is 42.6 Å². The quantitative estimate of drug-likeness (QED) is 0.936. The van der Waals surface area contributed by atoms with Crippen molar-refractivity contribution in [1.29, 1.82) is 0 Å². The Hall–Kier alpha value is -2.14. The molecule has 110 valence electrons. The van der Waals surface area contributed by atoms with Gasteiger partial charge in [-0.05, 0) is 31.3 Å². The van der Waals surface area contributed by atoms with Crippen LogP contribution in [0.4, 0.5) is 4.39 Å². The lowest BCUT2D eigenvalue weighted by Gasteiger charge is -2.34. The van der Waals surface area contributed by atoms with Crippen LogP contribution in [0.25, 0.3) is 0 Å². The molecule has 2 aromatic rings. The van der Waals surface area contributed by atoms with Gasteiger partial charge in [-0.15, -0.1) is 0 Å². The minimum absolute atomic E-state index is 0.0950. The number of carbonyl (C=O) groups excluding carboxylic acids is 1. The van der Waals surface area contributed by atoms with E-state index in [0.717, 1.165) is 13.1 Å². The number of nitrogens with zero attached hydrogens (tertiary/aromatic N) is 2. The zero-order chi connectivity index (χ0) is 14.8. The van der Waals surface area contributed by atoms with E-state index in [-0.39, 0.29) is 17.5 Å². The Balaban J connectivity index is 1.63. The first-order valence-corrected chi connectivity index (χ1v) is 7.02. The SMILES string of the molecule is CN1Cc2cccn2CC1CNC(=O)c1ccccc1F. The van der Waals surface area contributed by atoms with Gasteiger partial charge in [-0.3, -0.25) is 9.69 Å². The van der Waals surface area contributed by atoms with Gasteiger partial charge in [0.2, 0.25) is 0 Å². The molecule has 1 atom stereocenters. The van der Waals surface area contributed by atoms with E-state index in [4.69, 9.17) is 0 Å². The van der Waals surface area contributed by atoms with Crippen molar-refractivity contribution in [3.05, 3.63) is 59.7 Å². The van der Waals surface area contributed by atoms with Crippen LogP contribution in [0, 0.1) is 5.82 Å². The summed E-state index contributed by atoms with van der Waals surface area (Å²) in [6.45, 7) is 2.19. The molecule has 1 aliphatic heterocycles. The molecule has 0 radical (unpaired) electrons. The number of halogens is 1. The number of likely N-dealkylation sites (N-methyl/N-ethyl adjacent to an activating group) is 1. The van der Waals surface area contributed by atoms with Crippen molar-refractivity contribution in [1.82, 2.24) is 14.8 Å². The third-order valence-electron chi connectivity index (χ3n) is 3.98. The Morgan fingerprint density at radius 1 is 1.33 bits per heavy atom. The molecule has 1 aliphatic rings. The van der Waals surface area contributed by atoms with Gasteiger partial charge in [0.1, 0.15) is 5.82 Å². The number of benzene rings is 1. The van der Waals surface area contributed by atoms with E-state index < -0.39 is 5.82 Å². The molecule has 1 aromatic heterocycles. The normalized spacial score (nSPS) is 18.3. The third kappa shape index (κ3) is 2.83. The topological polar surface area (TPSA) is 37.3 Å². The highest BCUT2D eigenvalue weighted by atomic mass is 19.1. The third-order valence-corrected chi connectivity index (χ3v) is 3.98. The molecule has 4 nitrogen and oxygen atoms in total. The van der Waals surface area contributed by atoms with Gasteiger partial charge in [0.05, 0.1) is 5.56 Å². The molecule has 1 amide bonds. The average molecular weight is 287 g/mol. The Labute approximate surface area is 123 Å². The van der Waals surface area contributed by atoms with E-state index in [1.807, 2.05) is 19.3 Å². The van der Waals surface area contributed by atoms with Gasteiger partial charge in [0.25, 0.3) is 5.91 Å². The summed E-state index contributed by atoms with van der Waals surface area (Å²) in [6, 6.07) is 10.4. The lowest BCUT2D eigenvalue weighted by molar-refractivity contribution is 0.0921. The number of aromatic nitrogens is 1. The number of nitrogens with one attached hydrogen (secondary N) is 1. The first-order valence-electron chi connectivity index (χ1n) is 7.02. The molecule has 0 bridgehead atoms. The van der Waals surface area contributed by atoms with Crippen LogP contribution in [-0.2, 0) is 13.1 Å². The van der Waals surface area contributed by atoms with Crippen LogP contribution in [0.3, 0.4) is 0 Å². The summed E-state index contributed by atoms with van der Waals surface area (Å²) in [5, 5.41) is 2.83. The monoisotopic (exact) mass is 287 g/mol. The largest absolute Gasteiger partial charge is 0.350 e. The molecule has 0 saturated heterocycles. The van der Waals surface area contributed by atoms with Crippen LogP contribution in [0.5, 0.6) is 0 Å². The second-order valence-corrected chi connectivity index (χ2v) is 5.41. The molecule has 3 rings (SSSR count). The Kier molecular flexibility index (Phi) is 3.75. The average Bonchev–Trinajstić information content (AvgIpc) is 2.92. The van der Waals surface area contributed by atoms with E-state index in [2.05, 4.69) is 20.9 Å². The molecule has 2 heterocycles. The molecule has 0 saturated carbocycles. The predicted octanol–water partition coefficient (Wildman–Crippen LogP) is 1.87. The summed E-state index contributed by atoms with van der Waals surface area (Å²) in [5.41, 5.74) is 1.37. The first kappa shape index (κ1) is 13.8. The molecule has 1 aromatic carbocycles. The summed E-state index contributed by atoms with van der Waals surface area (Å²) >= 11 is 0. The van der Waals surface area contributed by atoms with Crippen molar-refractivity contribution >= 4 is 5.91 Å². The lowest BCUT2D eigenvalue weighted by Crippen LogP contribution is -2.47. The first-order chi connectivity index (χ1) is 10.1. The second kappa shape index (κ2) is 5.69. The van der Waals surface area contributed by atoms with Crippen LogP contribution in [0.2, 0.25) is 0 Å². The van der Waals surface area contributed by atoms with Gasteiger partial charge >= 0.3 is 0 Å². The van der Waals surface area contributed by atoms with Gasteiger partial charge in [-0.1, -0.05) is 12.1 Å². The van der Waals surface area contributed by atoms with Crippen molar-refractivity contribution in [2.24, 2.45) is 0 Å². The molecule has 5 heteroatoms. The lowest BCUT2D eigenvalue weighted by atomic mass is 10.1. The van der Waals surface area contributed by atoms with Crippen LogP contribution in [0.1, 0.15) is 16.1 Å². The number of fused-ring (bicyclic) bond motifs is 1.